The van der Waals surface area contributed by atoms with Crippen LogP contribution in [-0.4, -0.2) is 33.7 Å². The molecule has 162 valence electrons. The Morgan fingerprint density at radius 2 is 1.88 bits per heavy atom. The lowest BCUT2D eigenvalue weighted by molar-refractivity contribution is -0.127. The highest BCUT2D eigenvalue weighted by Gasteiger charge is 2.69. The number of ketones is 1. The molecule has 2 saturated heterocycles. The van der Waals surface area contributed by atoms with Gasteiger partial charge in [-0.15, -0.1) is 0 Å². The second-order valence-electron chi connectivity index (χ2n) is 9.09. The standard InChI is InChI=1S/C26H24ClN3O2/c1-29-14-4-9-21(29)24(31)23-22(16-10-12-17(27)13-11-16)20-8-5-15-30(20)26(23)18-6-2-3-7-19(18)28-25(26)32/h2-4,6-7,9-14,20,22-23H,5,8,15H2,1H3,(H,28,32). The van der Waals surface area contributed by atoms with E-state index < -0.39 is 11.5 Å². The maximum Gasteiger partial charge on any atom is 0.250 e. The average Bonchev–Trinajstić information content (AvgIpc) is 3.54. The van der Waals surface area contributed by atoms with Crippen molar-refractivity contribution in [3.05, 3.63) is 88.7 Å². The summed E-state index contributed by atoms with van der Waals surface area (Å²) >= 11 is 6.20. The number of fused-ring (bicyclic) bond motifs is 4. The second-order valence-corrected chi connectivity index (χ2v) is 9.53. The first-order chi connectivity index (χ1) is 15.5. The van der Waals surface area contributed by atoms with Crippen molar-refractivity contribution in [2.45, 2.75) is 30.3 Å². The normalized spacial score (nSPS) is 28.7. The first kappa shape index (κ1) is 19.8. The molecule has 4 unspecified atom stereocenters. The number of benzene rings is 2. The lowest BCUT2D eigenvalue weighted by atomic mass is 9.69. The van der Waals surface area contributed by atoms with Gasteiger partial charge >= 0.3 is 0 Å². The minimum absolute atomic E-state index is 0.0127. The largest absolute Gasteiger partial charge is 0.348 e. The van der Waals surface area contributed by atoms with E-state index in [1.54, 1.807) is 0 Å². The SMILES string of the molecule is Cn1cccc1C(=O)C1C(c2ccc(Cl)cc2)C2CCCN2C12C(=O)Nc1ccccc12. The van der Waals surface area contributed by atoms with Crippen LogP contribution >= 0.6 is 11.6 Å². The fraction of sp³-hybridized carbons (Fsp3) is 0.308. The maximum atomic E-state index is 14.3. The number of aromatic nitrogens is 1. The Balaban J connectivity index is 1.62. The Labute approximate surface area is 192 Å². The van der Waals surface area contributed by atoms with Crippen LogP contribution in [0, 0.1) is 5.92 Å². The first-order valence-electron chi connectivity index (χ1n) is 11.1. The Kier molecular flexibility index (Phi) is 4.36. The summed E-state index contributed by atoms with van der Waals surface area (Å²) in [7, 11) is 1.88. The molecule has 32 heavy (non-hydrogen) atoms. The fourth-order valence-corrected chi connectivity index (χ4v) is 6.58. The lowest BCUT2D eigenvalue weighted by Crippen LogP contribution is -2.53. The number of para-hydroxylation sites is 1. The van der Waals surface area contributed by atoms with Gasteiger partial charge < -0.3 is 9.88 Å². The maximum absolute atomic E-state index is 14.3. The molecule has 4 atom stereocenters. The summed E-state index contributed by atoms with van der Waals surface area (Å²) in [5.41, 5.74) is 2.41. The van der Waals surface area contributed by atoms with Crippen molar-refractivity contribution in [2.24, 2.45) is 13.0 Å². The number of halogens is 1. The van der Waals surface area contributed by atoms with Gasteiger partial charge in [-0.2, -0.15) is 0 Å². The molecule has 2 fully saturated rings. The zero-order valence-electron chi connectivity index (χ0n) is 17.8. The zero-order chi connectivity index (χ0) is 22.0. The highest BCUT2D eigenvalue weighted by Crippen LogP contribution is 2.61. The van der Waals surface area contributed by atoms with Crippen molar-refractivity contribution < 1.29 is 9.59 Å². The van der Waals surface area contributed by atoms with Crippen LogP contribution < -0.4 is 5.32 Å². The van der Waals surface area contributed by atoms with Crippen molar-refractivity contribution in [3.63, 3.8) is 0 Å². The van der Waals surface area contributed by atoms with Gasteiger partial charge in [-0.05, 0) is 55.3 Å². The number of amides is 1. The third-order valence-corrected chi connectivity index (χ3v) is 7.89. The summed E-state index contributed by atoms with van der Waals surface area (Å²) in [4.78, 5) is 30.5. The van der Waals surface area contributed by atoms with Gasteiger partial charge in [-0.1, -0.05) is 41.9 Å². The van der Waals surface area contributed by atoms with Gasteiger partial charge in [0.1, 0.15) is 5.54 Å². The number of carbonyl (C=O) groups is 2. The van der Waals surface area contributed by atoms with Gasteiger partial charge in [0.15, 0.2) is 5.78 Å². The Bertz CT molecular complexity index is 1230. The molecule has 2 aromatic carbocycles. The summed E-state index contributed by atoms with van der Waals surface area (Å²) in [5, 5.41) is 3.77. The third-order valence-electron chi connectivity index (χ3n) is 7.64. The molecule has 3 aromatic rings. The summed E-state index contributed by atoms with van der Waals surface area (Å²) in [6.07, 6.45) is 3.86. The molecule has 3 aliphatic rings. The number of hydrogen-bond donors (Lipinski definition) is 1. The average molecular weight is 446 g/mol. The highest BCUT2D eigenvalue weighted by atomic mass is 35.5. The first-order valence-corrected chi connectivity index (χ1v) is 11.5. The van der Waals surface area contributed by atoms with Crippen LogP contribution in [0.15, 0.2) is 66.9 Å². The number of aryl methyl sites for hydroxylation is 1. The van der Waals surface area contributed by atoms with E-state index in [0.717, 1.165) is 36.2 Å². The molecule has 0 aliphatic carbocycles. The third kappa shape index (κ3) is 2.49. The topological polar surface area (TPSA) is 54.3 Å². The Hall–Kier alpha value is -2.89. The van der Waals surface area contributed by atoms with Gasteiger partial charge in [-0.25, -0.2) is 0 Å². The van der Waals surface area contributed by atoms with Gasteiger partial charge in [0.25, 0.3) is 0 Å². The van der Waals surface area contributed by atoms with Crippen LogP contribution in [0.25, 0.3) is 0 Å². The van der Waals surface area contributed by atoms with Crippen LogP contribution in [0.1, 0.15) is 40.4 Å². The molecule has 6 rings (SSSR count). The minimum atomic E-state index is -1.01. The van der Waals surface area contributed by atoms with Crippen LogP contribution in [0.2, 0.25) is 5.02 Å². The molecule has 6 heteroatoms. The van der Waals surface area contributed by atoms with Crippen LogP contribution in [-0.2, 0) is 17.4 Å². The van der Waals surface area contributed by atoms with Gasteiger partial charge in [-0.3, -0.25) is 14.5 Å². The summed E-state index contributed by atoms with van der Waals surface area (Å²) in [6.45, 7) is 0.799. The predicted octanol–water partition coefficient (Wildman–Crippen LogP) is 4.59. The van der Waals surface area contributed by atoms with Crippen LogP contribution in [0.5, 0.6) is 0 Å². The molecule has 1 amide bonds. The van der Waals surface area contributed by atoms with Crippen molar-refractivity contribution in [1.29, 1.82) is 0 Å². The molecular formula is C26H24ClN3O2. The summed E-state index contributed by atoms with van der Waals surface area (Å²) < 4.78 is 1.86. The molecular weight excluding hydrogens is 422 g/mol. The molecule has 5 nitrogen and oxygen atoms in total. The number of anilines is 1. The van der Waals surface area contributed by atoms with Crippen molar-refractivity contribution in [3.8, 4) is 0 Å². The Morgan fingerprint density at radius 1 is 1.09 bits per heavy atom. The van der Waals surface area contributed by atoms with Crippen LogP contribution in [0.4, 0.5) is 5.69 Å². The van der Waals surface area contributed by atoms with Gasteiger partial charge in [0, 0.05) is 41.5 Å². The molecule has 4 heterocycles. The number of hydrogen-bond acceptors (Lipinski definition) is 3. The summed E-state index contributed by atoms with van der Waals surface area (Å²) in [5.74, 6) is -0.714. The Morgan fingerprint density at radius 3 is 2.62 bits per heavy atom. The molecule has 1 spiro atoms. The van der Waals surface area contributed by atoms with Crippen LogP contribution in [0.3, 0.4) is 0 Å². The van der Waals surface area contributed by atoms with E-state index in [-0.39, 0.29) is 23.7 Å². The molecule has 0 bridgehead atoms. The van der Waals surface area contributed by atoms with E-state index in [1.165, 1.54) is 0 Å². The number of nitrogens with zero attached hydrogens (tertiary/aromatic N) is 2. The van der Waals surface area contributed by atoms with E-state index in [2.05, 4.69) is 10.2 Å². The molecule has 0 saturated carbocycles. The van der Waals surface area contributed by atoms with E-state index in [1.807, 2.05) is 78.5 Å². The highest BCUT2D eigenvalue weighted by molar-refractivity contribution is 6.30. The van der Waals surface area contributed by atoms with E-state index in [0.29, 0.717) is 10.7 Å². The fourth-order valence-electron chi connectivity index (χ4n) is 6.45. The van der Waals surface area contributed by atoms with Gasteiger partial charge in [0.2, 0.25) is 5.91 Å². The summed E-state index contributed by atoms with van der Waals surface area (Å²) in [6, 6.07) is 19.5. The minimum Gasteiger partial charge on any atom is -0.348 e. The monoisotopic (exact) mass is 445 g/mol. The van der Waals surface area contributed by atoms with Crippen molar-refractivity contribution in [1.82, 2.24) is 9.47 Å². The van der Waals surface area contributed by atoms with Crippen molar-refractivity contribution in [2.75, 3.05) is 11.9 Å². The van der Waals surface area contributed by atoms with Gasteiger partial charge in [0.05, 0.1) is 11.6 Å². The lowest BCUT2D eigenvalue weighted by Gasteiger charge is -2.36. The number of carbonyl (C=O) groups excluding carboxylic acids is 2. The number of rotatable bonds is 3. The molecule has 1 N–H and O–H groups in total. The molecule has 3 aliphatic heterocycles. The number of nitrogens with one attached hydrogen (secondary N) is 1. The van der Waals surface area contributed by atoms with Crippen molar-refractivity contribution >= 4 is 29.0 Å². The number of Topliss-reactive ketones (excluding diaryl/α,β-unsaturated/α-hetero) is 1. The molecule has 0 radical (unpaired) electrons. The van der Waals surface area contributed by atoms with E-state index in [4.69, 9.17) is 11.6 Å². The smallest absolute Gasteiger partial charge is 0.250 e. The molecule has 1 aromatic heterocycles. The van der Waals surface area contributed by atoms with E-state index in [9.17, 15) is 9.59 Å². The second kappa shape index (κ2) is 7.06. The quantitative estimate of drug-likeness (QED) is 0.600. The predicted molar refractivity (Wildman–Crippen MR) is 124 cm³/mol. The zero-order valence-corrected chi connectivity index (χ0v) is 18.5. The van der Waals surface area contributed by atoms with E-state index >= 15 is 0 Å².